The monoisotopic (exact) mass is 326 g/mol. The van der Waals surface area contributed by atoms with Gasteiger partial charge >= 0.3 is 0 Å². The molecule has 118 valence electrons. The maximum Gasteiger partial charge on any atom is 0.290 e. The predicted molar refractivity (Wildman–Crippen MR) is 93.4 cm³/mol. The number of hydrogen-bond donors (Lipinski definition) is 1. The molecule has 3 rings (SSSR count). The molecule has 0 aliphatic rings. The lowest BCUT2D eigenvalue weighted by molar-refractivity contribution is 0.0948. The molecule has 2 aromatic heterocycles. The van der Waals surface area contributed by atoms with Crippen molar-refractivity contribution in [1.82, 2.24) is 14.8 Å². The highest BCUT2D eigenvalue weighted by Crippen LogP contribution is 2.16. The van der Waals surface area contributed by atoms with Gasteiger partial charge < -0.3 is 0 Å². The van der Waals surface area contributed by atoms with Gasteiger partial charge in [0.15, 0.2) is 4.96 Å². The Morgan fingerprint density at radius 2 is 2.09 bits per heavy atom. The predicted octanol–water partition coefficient (Wildman–Crippen LogP) is 3.59. The van der Waals surface area contributed by atoms with Gasteiger partial charge in [-0.15, -0.1) is 11.3 Å². The van der Waals surface area contributed by atoms with Crippen LogP contribution in [0.5, 0.6) is 0 Å². The van der Waals surface area contributed by atoms with Crippen molar-refractivity contribution < 1.29 is 4.79 Å². The Morgan fingerprint density at radius 3 is 2.78 bits per heavy atom. The van der Waals surface area contributed by atoms with E-state index in [2.05, 4.69) is 41.5 Å². The minimum Gasteiger partial charge on any atom is -0.286 e. The van der Waals surface area contributed by atoms with E-state index in [-0.39, 0.29) is 5.91 Å². The van der Waals surface area contributed by atoms with Gasteiger partial charge in [-0.25, -0.2) is 10.4 Å². The quantitative estimate of drug-likeness (QED) is 0.588. The van der Waals surface area contributed by atoms with Crippen LogP contribution in [0.2, 0.25) is 0 Å². The van der Waals surface area contributed by atoms with Gasteiger partial charge in [0.25, 0.3) is 5.91 Å². The SMILES string of the molecule is Cc1nc2sccn2c1C(=O)N/N=C/c1ccc(C(C)C)cc1. The molecular weight excluding hydrogens is 308 g/mol. The minimum absolute atomic E-state index is 0.261. The third-order valence-corrected chi connectivity index (χ3v) is 4.39. The lowest BCUT2D eigenvalue weighted by Crippen LogP contribution is -2.20. The van der Waals surface area contributed by atoms with E-state index in [1.807, 2.05) is 30.6 Å². The Hall–Kier alpha value is -2.47. The van der Waals surface area contributed by atoms with Crippen molar-refractivity contribution in [2.45, 2.75) is 26.7 Å². The van der Waals surface area contributed by atoms with Gasteiger partial charge in [-0.1, -0.05) is 38.1 Å². The van der Waals surface area contributed by atoms with E-state index in [4.69, 9.17) is 0 Å². The van der Waals surface area contributed by atoms with Crippen LogP contribution in [0.4, 0.5) is 0 Å². The molecule has 0 bridgehead atoms. The number of nitrogens with zero attached hydrogens (tertiary/aromatic N) is 3. The third kappa shape index (κ3) is 3.17. The van der Waals surface area contributed by atoms with Crippen molar-refractivity contribution >= 4 is 28.4 Å². The molecule has 0 saturated carbocycles. The van der Waals surface area contributed by atoms with E-state index < -0.39 is 0 Å². The first kappa shape index (κ1) is 15.4. The number of aromatic nitrogens is 2. The molecule has 2 heterocycles. The molecule has 1 amide bonds. The van der Waals surface area contributed by atoms with Crippen molar-refractivity contribution in [1.29, 1.82) is 0 Å². The molecule has 6 heteroatoms. The fourth-order valence-electron chi connectivity index (χ4n) is 2.35. The van der Waals surface area contributed by atoms with Crippen molar-refractivity contribution in [3.05, 3.63) is 58.4 Å². The molecule has 5 nitrogen and oxygen atoms in total. The van der Waals surface area contributed by atoms with Crippen LogP contribution in [-0.2, 0) is 0 Å². The smallest absolute Gasteiger partial charge is 0.286 e. The zero-order chi connectivity index (χ0) is 16.4. The number of thiazole rings is 1. The second kappa shape index (κ2) is 6.34. The zero-order valence-electron chi connectivity index (χ0n) is 13.3. The molecule has 0 spiro atoms. The average Bonchev–Trinajstić information content (AvgIpc) is 3.07. The zero-order valence-corrected chi connectivity index (χ0v) is 14.1. The number of aryl methyl sites for hydroxylation is 1. The molecule has 23 heavy (non-hydrogen) atoms. The Balaban J connectivity index is 1.71. The molecule has 0 aliphatic heterocycles. The topological polar surface area (TPSA) is 58.8 Å². The standard InChI is InChI=1S/C17H18N4OS/c1-11(2)14-6-4-13(5-7-14)10-18-20-16(22)15-12(3)19-17-21(15)8-9-23-17/h4-11H,1-3H3,(H,20,22)/b18-10+. The summed E-state index contributed by atoms with van der Waals surface area (Å²) < 4.78 is 1.78. The number of carbonyl (C=O) groups is 1. The van der Waals surface area contributed by atoms with E-state index in [9.17, 15) is 4.79 Å². The number of hydrazone groups is 1. The van der Waals surface area contributed by atoms with Crippen LogP contribution in [-0.4, -0.2) is 21.5 Å². The van der Waals surface area contributed by atoms with Gasteiger partial charge in [0.05, 0.1) is 11.9 Å². The molecule has 0 radical (unpaired) electrons. The van der Waals surface area contributed by atoms with E-state index in [0.29, 0.717) is 17.3 Å². The summed E-state index contributed by atoms with van der Waals surface area (Å²) >= 11 is 1.50. The first-order valence-electron chi connectivity index (χ1n) is 7.42. The van der Waals surface area contributed by atoms with Gasteiger partial charge in [-0.2, -0.15) is 5.10 Å². The Bertz CT molecular complexity index is 858. The first-order chi connectivity index (χ1) is 11.1. The van der Waals surface area contributed by atoms with E-state index in [1.165, 1.54) is 16.9 Å². The lowest BCUT2D eigenvalue weighted by atomic mass is 10.0. The van der Waals surface area contributed by atoms with Crippen LogP contribution in [0.15, 0.2) is 40.9 Å². The summed E-state index contributed by atoms with van der Waals surface area (Å²) in [5, 5.41) is 5.94. The molecule has 3 aromatic rings. The van der Waals surface area contributed by atoms with Crippen LogP contribution < -0.4 is 5.43 Å². The summed E-state index contributed by atoms with van der Waals surface area (Å²) in [6.45, 7) is 6.13. The second-order valence-corrected chi connectivity index (χ2v) is 6.49. The number of carbonyl (C=O) groups excluding carboxylic acids is 1. The van der Waals surface area contributed by atoms with Crippen LogP contribution in [0, 0.1) is 6.92 Å². The van der Waals surface area contributed by atoms with Gasteiger partial charge in [0, 0.05) is 11.6 Å². The molecule has 1 N–H and O–H groups in total. The Kier molecular flexibility index (Phi) is 4.25. The molecule has 0 unspecified atom stereocenters. The van der Waals surface area contributed by atoms with Crippen molar-refractivity contribution in [3.63, 3.8) is 0 Å². The molecule has 0 saturated heterocycles. The number of amides is 1. The first-order valence-corrected chi connectivity index (χ1v) is 8.29. The molecular formula is C17H18N4OS. The number of fused-ring (bicyclic) bond motifs is 1. The summed E-state index contributed by atoms with van der Waals surface area (Å²) in [5.41, 5.74) is 6.01. The van der Waals surface area contributed by atoms with Gasteiger partial charge in [-0.3, -0.25) is 9.20 Å². The number of rotatable bonds is 4. The maximum absolute atomic E-state index is 12.3. The molecule has 0 fully saturated rings. The Labute approximate surface area is 138 Å². The van der Waals surface area contributed by atoms with Gasteiger partial charge in [0.1, 0.15) is 5.69 Å². The van der Waals surface area contributed by atoms with Crippen molar-refractivity contribution in [2.75, 3.05) is 0 Å². The van der Waals surface area contributed by atoms with Crippen molar-refractivity contribution in [3.8, 4) is 0 Å². The number of benzene rings is 1. The highest BCUT2D eigenvalue weighted by atomic mass is 32.1. The fourth-order valence-corrected chi connectivity index (χ4v) is 3.11. The maximum atomic E-state index is 12.3. The van der Waals surface area contributed by atoms with E-state index >= 15 is 0 Å². The number of nitrogens with one attached hydrogen (secondary N) is 1. The fraction of sp³-hybridized carbons (Fsp3) is 0.235. The van der Waals surface area contributed by atoms with Crippen LogP contribution in [0.25, 0.3) is 4.96 Å². The highest BCUT2D eigenvalue weighted by molar-refractivity contribution is 7.15. The van der Waals surface area contributed by atoms with E-state index in [0.717, 1.165) is 10.5 Å². The van der Waals surface area contributed by atoms with Crippen LogP contribution in [0.3, 0.4) is 0 Å². The summed E-state index contributed by atoms with van der Waals surface area (Å²) in [4.78, 5) is 17.5. The van der Waals surface area contributed by atoms with E-state index in [1.54, 1.807) is 10.6 Å². The van der Waals surface area contributed by atoms with Gasteiger partial charge in [-0.05, 0) is 24.0 Å². The van der Waals surface area contributed by atoms with Gasteiger partial charge in [0.2, 0.25) is 0 Å². The van der Waals surface area contributed by atoms with Crippen molar-refractivity contribution in [2.24, 2.45) is 5.10 Å². The summed E-state index contributed by atoms with van der Waals surface area (Å²) in [6.07, 6.45) is 3.48. The lowest BCUT2D eigenvalue weighted by Gasteiger charge is -2.04. The summed E-state index contributed by atoms with van der Waals surface area (Å²) in [7, 11) is 0. The summed E-state index contributed by atoms with van der Waals surface area (Å²) in [6, 6.07) is 8.13. The highest BCUT2D eigenvalue weighted by Gasteiger charge is 2.16. The van der Waals surface area contributed by atoms with Crippen LogP contribution in [0.1, 0.15) is 47.1 Å². The third-order valence-electron chi connectivity index (χ3n) is 3.63. The Morgan fingerprint density at radius 1 is 1.35 bits per heavy atom. The number of imidazole rings is 1. The average molecular weight is 326 g/mol. The molecule has 0 aliphatic carbocycles. The molecule has 0 atom stereocenters. The largest absolute Gasteiger partial charge is 0.290 e. The minimum atomic E-state index is -0.261. The molecule has 1 aromatic carbocycles. The summed E-state index contributed by atoms with van der Waals surface area (Å²) in [5.74, 6) is 0.238. The van der Waals surface area contributed by atoms with Crippen LogP contribution >= 0.6 is 11.3 Å². The normalized spacial score (nSPS) is 11.7. The number of hydrogen-bond acceptors (Lipinski definition) is 4. The second-order valence-electron chi connectivity index (χ2n) is 5.62.